The van der Waals surface area contributed by atoms with Gasteiger partial charge in [-0.2, -0.15) is 0 Å². The zero-order valence-electron chi connectivity index (χ0n) is 12.9. The van der Waals surface area contributed by atoms with Gasteiger partial charge in [-0.1, -0.05) is 60.7 Å². The second kappa shape index (κ2) is 7.95. The third-order valence-electron chi connectivity index (χ3n) is 4.18. The van der Waals surface area contributed by atoms with E-state index in [9.17, 15) is 8.42 Å². The Bertz CT molecular complexity index is 663. The van der Waals surface area contributed by atoms with Crippen LogP contribution >= 0.6 is 0 Å². The minimum Gasteiger partial charge on any atom is -1.00 e. The van der Waals surface area contributed by atoms with Crippen LogP contribution in [0.25, 0.3) is 0 Å². The van der Waals surface area contributed by atoms with E-state index >= 15 is 0 Å². The average molecular weight is 351 g/mol. The highest BCUT2D eigenvalue weighted by Gasteiger charge is 2.32. The van der Waals surface area contributed by atoms with Gasteiger partial charge in [0.2, 0.25) is 0 Å². The van der Waals surface area contributed by atoms with Crippen LogP contribution in [-0.4, -0.2) is 30.9 Å². The summed E-state index contributed by atoms with van der Waals surface area (Å²) in [4.78, 5) is 2.30. The van der Waals surface area contributed by atoms with Crippen LogP contribution in [0.4, 0.5) is 0 Å². The lowest BCUT2D eigenvalue weighted by atomic mass is 10.1. The lowest BCUT2D eigenvalue weighted by Crippen LogP contribution is -3.00. The van der Waals surface area contributed by atoms with Crippen molar-refractivity contribution in [3.63, 3.8) is 0 Å². The van der Waals surface area contributed by atoms with Crippen molar-refractivity contribution >= 4 is 9.84 Å². The van der Waals surface area contributed by atoms with E-state index in [1.165, 1.54) is 11.1 Å². The molecular formula is C18H21ClNO2S-. The number of hydrogen-bond donors (Lipinski definition) is 0. The normalized spacial score (nSPS) is 19.4. The van der Waals surface area contributed by atoms with Gasteiger partial charge in [0.05, 0.1) is 11.5 Å². The number of rotatable bonds is 5. The molecule has 0 N–H and O–H groups in total. The van der Waals surface area contributed by atoms with Gasteiger partial charge in [-0.05, 0) is 17.5 Å². The minimum absolute atomic E-state index is 0. The monoisotopic (exact) mass is 350 g/mol. The maximum atomic E-state index is 11.8. The Morgan fingerprint density at radius 3 is 1.74 bits per heavy atom. The second-order valence-electron chi connectivity index (χ2n) is 5.93. The molecule has 124 valence electrons. The minimum atomic E-state index is -2.87. The summed E-state index contributed by atoms with van der Waals surface area (Å²) in [6.07, 6.45) is 0.738. The third-order valence-corrected chi connectivity index (χ3v) is 5.93. The zero-order valence-corrected chi connectivity index (χ0v) is 14.5. The van der Waals surface area contributed by atoms with Crippen molar-refractivity contribution in [3.8, 4) is 0 Å². The Kier molecular flexibility index (Phi) is 6.22. The summed E-state index contributed by atoms with van der Waals surface area (Å²) >= 11 is 0. The molecule has 0 amide bonds. The van der Waals surface area contributed by atoms with Gasteiger partial charge in [0, 0.05) is 19.1 Å². The number of nitrogens with zero attached hydrogens (tertiary/aromatic N) is 1. The Labute approximate surface area is 144 Å². The van der Waals surface area contributed by atoms with Crippen molar-refractivity contribution in [3.05, 3.63) is 71.8 Å². The van der Waals surface area contributed by atoms with E-state index < -0.39 is 9.84 Å². The van der Waals surface area contributed by atoms with Crippen LogP contribution in [-0.2, 0) is 22.9 Å². The van der Waals surface area contributed by atoms with Gasteiger partial charge in [0.25, 0.3) is 0 Å². The van der Waals surface area contributed by atoms with Crippen molar-refractivity contribution in [2.45, 2.75) is 25.6 Å². The van der Waals surface area contributed by atoms with E-state index in [0.717, 1.165) is 19.5 Å². The molecule has 5 heteroatoms. The van der Waals surface area contributed by atoms with Gasteiger partial charge in [0.15, 0.2) is 9.84 Å². The molecule has 1 aliphatic heterocycles. The summed E-state index contributed by atoms with van der Waals surface area (Å²) in [6, 6.07) is 20.6. The van der Waals surface area contributed by atoms with Gasteiger partial charge in [0.1, 0.15) is 0 Å². The second-order valence-corrected chi connectivity index (χ2v) is 8.16. The Balaban J connectivity index is 0.00000192. The highest BCUT2D eigenvalue weighted by molar-refractivity contribution is 7.91. The first-order chi connectivity index (χ1) is 10.6. The van der Waals surface area contributed by atoms with Crippen molar-refractivity contribution in [1.29, 1.82) is 0 Å². The Morgan fingerprint density at radius 1 is 0.870 bits per heavy atom. The van der Waals surface area contributed by atoms with Gasteiger partial charge in [-0.3, -0.25) is 4.90 Å². The average Bonchev–Trinajstić information content (AvgIpc) is 2.89. The number of halogens is 1. The highest BCUT2D eigenvalue weighted by atomic mass is 35.5. The van der Waals surface area contributed by atoms with Crippen LogP contribution in [0, 0.1) is 0 Å². The lowest BCUT2D eigenvalue weighted by molar-refractivity contribution is -0.00000691. The fourth-order valence-electron chi connectivity index (χ4n) is 3.01. The van der Waals surface area contributed by atoms with E-state index in [1.54, 1.807) is 0 Å². The molecule has 3 nitrogen and oxygen atoms in total. The fourth-order valence-corrected chi connectivity index (χ4v) is 4.77. The molecule has 3 rings (SSSR count). The Morgan fingerprint density at radius 2 is 1.35 bits per heavy atom. The molecule has 0 aromatic heterocycles. The highest BCUT2D eigenvalue weighted by Crippen LogP contribution is 2.22. The summed E-state index contributed by atoms with van der Waals surface area (Å²) in [5, 5.41) is 0. The molecular weight excluding hydrogens is 330 g/mol. The quantitative estimate of drug-likeness (QED) is 0.754. The van der Waals surface area contributed by atoms with E-state index in [2.05, 4.69) is 29.2 Å². The zero-order chi connectivity index (χ0) is 15.4. The predicted octanol–water partition coefficient (Wildman–Crippen LogP) is -0.120. The van der Waals surface area contributed by atoms with Crippen LogP contribution in [0.3, 0.4) is 0 Å². The van der Waals surface area contributed by atoms with Gasteiger partial charge >= 0.3 is 0 Å². The summed E-state index contributed by atoms with van der Waals surface area (Å²) in [7, 11) is -2.87. The largest absolute Gasteiger partial charge is 1.00 e. The molecule has 1 saturated heterocycles. The molecule has 0 spiro atoms. The van der Waals surface area contributed by atoms with Crippen LogP contribution < -0.4 is 12.4 Å². The van der Waals surface area contributed by atoms with Crippen molar-refractivity contribution in [2.75, 3.05) is 11.5 Å². The van der Waals surface area contributed by atoms with Crippen LogP contribution in [0.1, 0.15) is 17.5 Å². The maximum absolute atomic E-state index is 11.8. The molecule has 0 aliphatic carbocycles. The molecule has 0 radical (unpaired) electrons. The first kappa shape index (κ1) is 18.0. The molecule has 1 atom stereocenters. The molecule has 1 heterocycles. The van der Waals surface area contributed by atoms with Crippen LogP contribution in [0.5, 0.6) is 0 Å². The smallest absolute Gasteiger partial charge is 0.151 e. The molecule has 0 bridgehead atoms. The maximum Gasteiger partial charge on any atom is 0.151 e. The summed E-state index contributed by atoms with van der Waals surface area (Å²) < 4.78 is 23.6. The summed E-state index contributed by atoms with van der Waals surface area (Å²) in [6.45, 7) is 1.58. The van der Waals surface area contributed by atoms with Crippen LogP contribution in [0.15, 0.2) is 60.7 Å². The fraction of sp³-hybridized carbons (Fsp3) is 0.333. The third kappa shape index (κ3) is 5.06. The topological polar surface area (TPSA) is 37.4 Å². The molecule has 1 fully saturated rings. The lowest BCUT2D eigenvalue weighted by Gasteiger charge is -2.28. The van der Waals surface area contributed by atoms with Gasteiger partial charge in [-0.25, -0.2) is 8.42 Å². The molecule has 0 saturated carbocycles. The molecule has 2 aromatic carbocycles. The summed E-state index contributed by atoms with van der Waals surface area (Å²) in [5.74, 6) is 0.602. The summed E-state index contributed by atoms with van der Waals surface area (Å²) in [5.41, 5.74) is 2.45. The van der Waals surface area contributed by atoms with Gasteiger partial charge in [-0.15, -0.1) is 0 Å². The number of hydrogen-bond acceptors (Lipinski definition) is 3. The SMILES string of the molecule is O=S1(=O)CCC(N(Cc2ccccc2)Cc2ccccc2)C1.[Cl-]. The first-order valence-electron chi connectivity index (χ1n) is 7.65. The van der Waals surface area contributed by atoms with E-state index in [1.807, 2.05) is 36.4 Å². The molecule has 1 aliphatic rings. The first-order valence-corrected chi connectivity index (χ1v) is 9.47. The number of benzene rings is 2. The van der Waals surface area contributed by atoms with Gasteiger partial charge < -0.3 is 12.4 Å². The van der Waals surface area contributed by atoms with Crippen molar-refractivity contribution < 1.29 is 20.8 Å². The van der Waals surface area contributed by atoms with Crippen molar-refractivity contribution in [1.82, 2.24) is 4.90 Å². The van der Waals surface area contributed by atoms with E-state index in [4.69, 9.17) is 0 Å². The molecule has 2 aromatic rings. The Hall–Kier alpha value is -1.36. The number of sulfone groups is 1. The molecule has 1 unspecified atom stereocenters. The van der Waals surface area contributed by atoms with E-state index in [-0.39, 0.29) is 24.2 Å². The predicted molar refractivity (Wildman–Crippen MR) is 89.2 cm³/mol. The van der Waals surface area contributed by atoms with Crippen LogP contribution in [0.2, 0.25) is 0 Å². The standard InChI is InChI=1S/C18H21NO2S.ClH/c20-22(21)12-11-18(15-22)19(13-16-7-3-1-4-8-16)14-17-9-5-2-6-10-17;/h1-10,18H,11-15H2;1H/p-1. The molecule has 23 heavy (non-hydrogen) atoms. The van der Waals surface area contributed by atoms with Crippen molar-refractivity contribution in [2.24, 2.45) is 0 Å². The van der Waals surface area contributed by atoms with E-state index in [0.29, 0.717) is 5.75 Å².